The quantitative estimate of drug-likeness (QED) is 0.585. The zero-order valence-electron chi connectivity index (χ0n) is 14.9. The van der Waals surface area contributed by atoms with Crippen LogP contribution >= 0.6 is 0 Å². The number of hydrogen-bond acceptors (Lipinski definition) is 6. The van der Waals surface area contributed by atoms with E-state index in [0.29, 0.717) is 18.2 Å². The zero-order chi connectivity index (χ0) is 18.8. The molecule has 140 valence electrons. The normalized spacial score (nSPS) is 24.3. The smallest absolute Gasteiger partial charge is 0.270 e. The Hall–Kier alpha value is -1.71. The molecule has 9 heteroatoms. The fourth-order valence-corrected chi connectivity index (χ4v) is 4.35. The number of primary sulfonamides is 1. The summed E-state index contributed by atoms with van der Waals surface area (Å²) in [5.74, 6) is 0.590. The molecular weight excluding hydrogens is 344 g/mol. The molecule has 1 saturated carbocycles. The minimum absolute atomic E-state index is 0.0882. The molecule has 1 aromatic rings. The van der Waals surface area contributed by atoms with Crippen molar-refractivity contribution in [1.82, 2.24) is 4.90 Å². The molecule has 1 aliphatic rings. The molecule has 0 spiro atoms. The maximum atomic E-state index is 11.9. The van der Waals surface area contributed by atoms with Gasteiger partial charge in [-0.05, 0) is 38.9 Å². The van der Waals surface area contributed by atoms with E-state index < -0.39 is 14.9 Å². The van der Waals surface area contributed by atoms with Crippen LogP contribution in [0.2, 0.25) is 0 Å². The lowest BCUT2D eigenvalue weighted by molar-refractivity contribution is -0.385. The van der Waals surface area contributed by atoms with E-state index in [2.05, 4.69) is 17.1 Å². The van der Waals surface area contributed by atoms with E-state index in [1.807, 2.05) is 14.1 Å². The molecule has 2 unspecified atom stereocenters. The molecular formula is C16H26N4O4S. The number of anilines is 1. The van der Waals surface area contributed by atoms with Crippen LogP contribution < -0.4 is 10.5 Å². The maximum absolute atomic E-state index is 11.9. The second kappa shape index (κ2) is 7.27. The lowest BCUT2D eigenvalue weighted by Gasteiger charge is -2.45. The molecule has 2 rings (SSSR count). The van der Waals surface area contributed by atoms with Crippen LogP contribution in [0.5, 0.6) is 0 Å². The van der Waals surface area contributed by atoms with Crippen molar-refractivity contribution in [3.8, 4) is 0 Å². The molecule has 0 aliphatic heterocycles. The molecule has 0 radical (unpaired) electrons. The maximum Gasteiger partial charge on any atom is 0.270 e. The van der Waals surface area contributed by atoms with Crippen molar-refractivity contribution in [2.24, 2.45) is 11.1 Å². The van der Waals surface area contributed by atoms with Gasteiger partial charge >= 0.3 is 0 Å². The van der Waals surface area contributed by atoms with Gasteiger partial charge in [0.15, 0.2) is 0 Å². The molecule has 0 amide bonds. The Morgan fingerprint density at radius 1 is 1.44 bits per heavy atom. The largest absolute Gasteiger partial charge is 0.382 e. The highest BCUT2D eigenvalue weighted by molar-refractivity contribution is 7.89. The number of non-ortho nitro benzene ring substituents is 1. The van der Waals surface area contributed by atoms with E-state index in [9.17, 15) is 18.5 Å². The summed E-state index contributed by atoms with van der Waals surface area (Å²) < 4.78 is 23.7. The Morgan fingerprint density at radius 2 is 2.12 bits per heavy atom. The van der Waals surface area contributed by atoms with Crippen molar-refractivity contribution in [2.45, 2.75) is 43.0 Å². The average Bonchev–Trinajstić information content (AvgIpc) is 2.51. The highest BCUT2D eigenvalue weighted by Crippen LogP contribution is 2.36. The summed E-state index contributed by atoms with van der Waals surface area (Å²) >= 11 is 0. The summed E-state index contributed by atoms with van der Waals surface area (Å²) in [6.07, 6.45) is 4.32. The van der Waals surface area contributed by atoms with Crippen molar-refractivity contribution in [3.05, 3.63) is 28.3 Å². The molecule has 2 atom stereocenters. The molecule has 0 heterocycles. The van der Waals surface area contributed by atoms with Gasteiger partial charge in [-0.3, -0.25) is 10.1 Å². The minimum atomic E-state index is -4.07. The van der Waals surface area contributed by atoms with Gasteiger partial charge in [-0.15, -0.1) is 0 Å². The second-order valence-electron chi connectivity index (χ2n) is 7.16. The van der Waals surface area contributed by atoms with Crippen molar-refractivity contribution in [3.63, 3.8) is 0 Å². The highest BCUT2D eigenvalue weighted by atomic mass is 32.2. The standard InChI is InChI=1S/C16H26N4O4S/c1-12-5-4-8-16(10-12,19(2)3)11-18-14-7-6-13(20(21)22)9-15(14)25(17,23)24/h6-7,9,12,18H,4-5,8,10-11H2,1-3H3,(H2,17,23,24). The van der Waals surface area contributed by atoms with Gasteiger partial charge in [0.1, 0.15) is 4.90 Å². The van der Waals surface area contributed by atoms with Crippen LogP contribution in [-0.2, 0) is 10.0 Å². The van der Waals surface area contributed by atoms with Crippen LogP contribution in [-0.4, -0.2) is 44.4 Å². The first-order valence-electron chi connectivity index (χ1n) is 8.28. The first-order chi connectivity index (χ1) is 11.5. The van der Waals surface area contributed by atoms with E-state index >= 15 is 0 Å². The Balaban J connectivity index is 2.31. The van der Waals surface area contributed by atoms with Gasteiger partial charge < -0.3 is 10.2 Å². The number of nitrogens with two attached hydrogens (primary N) is 1. The summed E-state index contributed by atoms with van der Waals surface area (Å²) in [7, 11) is -0.0259. The molecule has 8 nitrogen and oxygen atoms in total. The third-order valence-electron chi connectivity index (χ3n) is 5.11. The van der Waals surface area contributed by atoms with Crippen molar-refractivity contribution < 1.29 is 13.3 Å². The van der Waals surface area contributed by atoms with Gasteiger partial charge in [-0.25, -0.2) is 13.6 Å². The molecule has 0 aromatic heterocycles. The topological polar surface area (TPSA) is 119 Å². The molecule has 3 N–H and O–H groups in total. The number of nitrogens with zero attached hydrogens (tertiary/aromatic N) is 2. The number of sulfonamides is 1. The molecule has 1 aromatic carbocycles. The van der Waals surface area contributed by atoms with E-state index in [1.165, 1.54) is 18.6 Å². The van der Waals surface area contributed by atoms with Crippen LogP contribution in [0, 0.1) is 16.0 Å². The number of benzene rings is 1. The lowest BCUT2D eigenvalue weighted by Crippen LogP contribution is -2.52. The van der Waals surface area contributed by atoms with Crippen LogP contribution in [0.25, 0.3) is 0 Å². The fraction of sp³-hybridized carbons (Fsp3) is 0.625. The summed E-state index contributed by atoms with van der Waals surface area (Å²) in [6.45, 7) is 2.77. The molecule has 1 fully saturated rings. The molecule has 25 heavy (non-hydrogen) atoms. The van der Waals surface area contributed by atoms with Gasteiger partial charge in [-0.1, -0.05) is 19.8 Å². The Kier molecular flexibility index (Phi) is 5.70. The molecule has 0 saturated heterocycles. The first kappa shape index (κ1) is 19.6. The fourth-order valence-electron chi connectivity index (χ4n) is 3.62. The van der Waals surface area contributed by atoms with Gasteiger partial charge in [0.2, 0.25) is 10.0 Å². The number of nitro groups is 1. The van der Waals surface area contributed by atoms with Crippen molar-refractivity contribution in [2.75, 3.05) is 26.0 Å². The zero-order valence-corrected chi connectivity index (χ0v) is 15.7. The minimum Gasteiger partial charge on any atom is -0.382 e. The van der Waals surface area contributed by atoms with E-state index in [0.717, 1.165) is 25.3 Å². The predicted molar refractivity (Wildman–Crippen MR) is 97.0 cm³/mol. The van der Waals surface area contributed by atoms with Crippen molar-refractivity contribution >= 4 is 21.4 Å². The van der Waals surface area contributed by atoms with Crippen molar-refractivity contribution in [1.29, 1.82) is 0 Å². The third kappa shape index (κ3) is 4.47. The summed E-state index contributed by atoms with van der Waals surface area (Å²) in [4.78, 5) is 12.2. The molecule has 0 bridgehead atoms. The Bertz CT molecular complexity index is 751. The number of nitrogens with one attached hydrogen (secondary N) is 1. The lowest BCUT2D eigenvalue weighted by atomic mass is 9.75. The third-order valence-corrected chi connectivity index (χ3v) is 6.06. The summed E-state index contributed by atoms with van der Waals surface area (Å²) in [5, 5.41) is 19.3. The Labute approximate surface area is 148 Å². The monoisotopic (exact) mass is 370 g/mol. The van der Waals surface area contributed by atoms with Gasteiger partial charge in [0, 0.05) is 24.2 Å². The van der Waals surface area contributed by atoms with Crippen LogP contribution in [0.4, 0.5) is 11.4 Å². The molecule has 1 aliphatic carbocycles. The van der Waals surface area contributed by atoms with Crippen LogP contribution in [0.15, 0.2) is 23.1 Å². The number of rotatable bonds is 6. The van der Waals surface area contributed by atoms with Gasteiger partial charge in [0.25, 0.3) is 5.69 Å². The number of nitro benzene ring substituents is 1. The van der Waals surface area contributed by atoms with Crippen LogP contribution in [0.3, 0.4) is 0 Å². The number of hydrogen-bond donors (Lipinski definition) is 2. The highest BCUT2D eigenvalue weighted by Gasteiger charge is 2.37. The van der Waals surface area contributed by atoms with Crippen LogP contribution in [0.1, 0.15) is 32.6 Å². The van der Waals surface area contributed by atoms with E-state index in [-0.39, 0.29) is 16.1 Å². The predicted octanol–water partition coefficient (Wildman–Crippen LogP) is 2.16. The summed E-state index contributed by atoms with van der Waals surface area (Å²) in [6, 6.07) is 3.69. The summed E-state index contributed by atoms with van der Waals surface area (Å²) in [5.41, 5.74) is -0.0922. The second-order valence-corrected chi connectivity index (χ2v) is 8.69. The van der Waals surface area contributed by atoms with E-state index in [4.69, 9.17) is 5.14 Å². The van der Waals surface area contributed by atoms with Gasteiger partial charge in [0.05, 0.1) is 10.6 Å². The Morgan fingerprint density at radius 3 is 2.64 bits per heavy atom. The van der Waals surface area contributed by atoms with E-state index in [1.54, 1.807) is 0 Å². The SMILES string of the molecule is CC1CCCC(CNc2ccc([N+](=O)[O-])cc2S(N)(=O)=O)(N(C)C)C1. The van der Waals surface area contributed by atoms with Gasteiger partial charge in [-0.2, -0.15) is 0 Å². The first-order valence-corrected chi connectivity index (χ1v) is 9.82. The average molecular weight is 370 g/mol. The number of likely N-dealkylation sites (N-methyl/N-ethyl adjacent to an activating group) is 1.